The lowest BCUT2D eigenvalue weighted by atomic mass is 10.0. The van der Waals surface area contributed by atoms with Crippen molar-refractivity contribution in [3.05, 3.63) is 48.2 Å². The molecule has 3 heterocycles. The number of hydrogen-bond acceptors (Lipinski definition) is 6. The third-order valence-electron chi connectivity index (χ3n) is 4.63. The molecule has 26 heavy (non-hydrogen) atoms. The zero-order chi connectivity index (χ0) is 18.0. The third kappa shape index (κ3) is 3.38. The second-order valence-corrected chi connectivity index (χ2v) is 6.29. The molecule has 2 aliphatic rings. The van der Waals surface area contributed by atoms with Crippen molar-refractivity contribution in [2.24, 2.45) is 0 Å². The molecule has 136 valence electrons. The van der Waals surface area contributed by atoms with Gasteiger partial charge in [0.1, 0.15) is 17.3 Å². The molecule has 2 aromatic rings. The fraction of sp³-hybridized carbons (Fsp3) is 0.389. The van der Waals surface area contributed by atoms with Crippen LogP contribution in [-0.4, -0.2) is 52.9 Å². The second kappa shape index (κ2) is 6.97. The maximum atomic E-state index is 13.7. The van der Waals surface area contributed by atoms with Crippen molar-refractivity contribution in [3.63, 3.8) is 0 Å². The van der Waals surface area contributed by atoms with Gasteiger partial charge in [-0.05, 0) is 12.1 Å². The first-order valence-electron chi connectivity index (χ1n) is 8.56. The number of nitrogens with one attached hydrogen (secondary N) is 1. The van der Waals surface area contributed by atoms with Crippen molar-refractivity contribution in [2.75, 3.05) is 31.6 Å². The average molecular weight is 358 g/mol. The number of halogens is 1. The summed E-state index contributed by atoms with van der Waals surface area (Å²) in [6, 6.07) is 6.29. The molecule has 0 radical (unpaired) electrons. The molecule has 0 unspecified atom stereocenters. The second-order valence-electron chi connectivity index (χ2n) is 6.29. The molecule has 1 aromatic carbocycles. The van der Waals surface area contributed by atoms with E-state index in [1.807, 2.05) is 0 Å². The molecule has 0 bridgehead atoms. The number of likely N-dealkylation sites (tertiary alicyclic amines) is 1. The van der Waals surface area contributed by atoms with Crippen LogP contribution in [-0.2, 0) is 9.47 Å². The zero-order valence-electron chi connectivity index (χ0n) is 14.2. The third-order valence-corrected chi connectivity index (χ3v) is 4.63. The Bertz CT molecular complexity index is 783. The number of rotatable bonds is 3. The monoisotopic (exact) mass is 358 g/mol. The Morgan fingerprint density at radius 1 is 1.12 bits per heavy atom. The summed E-state index contributed by atoms with van der Waals surface area (Å²) in [5.74, 6) is -0.705. The highest BCUT2D eigenvalue weighted by Gasteiger charge is 2.41. The number of hydrogen-bond donors (Lipinski definition) is 1. The molecule has 4 rings (SSSR count). The maximum absolute atomic E-state index is 13.7. The van der Waals surface area contributed by atoms with E-state index >= 15 is 0 Å². The van der Waals surface area contributed by atoms with E-state index in [1.54, 1.807) is 23.1 Å². The predicted octanol–water partition coefficient (Wildman–Crippen LogP) is 2.34. The molecule has 1 amide bonds. The summed E-state index contributed by atoms with van der Waals surface area (Å²) in [7, 11) is 0. The van der Waals surface area contributed by atoms with Gasteiger partial charge in [-0.3, -0.25) is 4.79 Å². The van der Waals surface area contributed by atoms with Gasteiger partial charge in [-0.15, -0.1) is 0 Å². The predicted molar refractivity (Wildman–Crippen MR) is 91.5 cm³/mol. The van der Waals surface area contributed by atoms with E-state index in [4.69, 9.17) is 9.47 Å². The topological polar surface area (TPSA) is 76.6 Å². The number of anilines is 2. The SMILES string of the molecule is O=C(c1cnc(Nc2ccccc2F)cn1)N1CCC2(CC1)OCCO2. The highest BCUT2D eigenvalue weighted by molar-refractivity contribution is 5.92. The summed E-state index contributed by atoms with van der Waals surface area (Å²) in [6.07, 6.45) is 4.13. The fourth-order valence-electron chi connectivity index (χ4n) is 3.20. The van der Waals surface area contributed by atoms with Crippen LogP contribution >= 0.6 is 0 Å². The molecule has 1 spiro atoms. The molecule has 0 atom stereocenters. The van der Waals surface area contributed by atoms with Gasteiger partial charge < -0.3 is 19.7 Å². The van der Waals surface area contributed by atoms with E-state index in [0.29, 0.717) is 50.7 Å². The molecule has 1 N–H and O–H groups in total. The zero-order valence-corrected chi connectivity index (χ0v) is 14.2. The van der Waals surface area contributed by atoms with Gasteiger partial charge >= 0.3 is 0 Å². The van der Waals surface area contributed by atoms with Gasteiger partial charge in [0.05, 0.1) is 31.3 Å². The van der Waals surface area contributed by atoms with Gasteiger partial charge in [-0.1, -0.05) is 12.1 Å². The van der Waals surface area contributed by atoms with Crippen LogP contribution in [0.5, 0.6) is 0 Å². The molecule has 1 aromatic heterocycles. The Labute approximate surface area is 150 Å². The molecule has 2 aliphatic heterocycles. The van der Waals surface area contributed by atoms with Crippen LogP contribution in [0.1, 0.15) is 23.3 Å². The number of carbonyl (C=O) groups excluding carboxylic acids is 1. The van der Waals surface area contributed by atoms with E-state index in [2.05, 4.69) is 15.3 Å². The van der Waals surface area contributed by atoms with Crippen molar-refractivity contribution >= 4 is 17.4 Å². The van der Waals surface area contributed by atoms with Gasteiger partial charge in [0.15, 0.2) is 5.79 Å². The summed E-state index contributed by atoms with van der Waals surface area (Å²) in [5, 5.41) is 2.84. The highest BCUT2D eigenvalue weighted by atomic mass is 19.1. The quantitative estimate of drug-likeness (QED) is 0.908. The number of piperidine rings is 1. The standard InChI is InChI=1S/C18H19FN4O3/c19-13-3-1-2-4-14(13)22-16-12-20-15(11-21-16)17(24)23-7-5-18(6-8-23)25-9-10-26-18/h1-4,11-12H,5-10H2,(H,21,22). The van der Waals surface area contributed by atoms with E-state index < -0.39 is 5.79 Å². The van der Waals surface area contributed by atoms with Crippen LogP contribution in [0.3, 0.4) is 0 Å². The van der Waals surface area contributed by atoms with Gasteiger partial charge in [-0.25, -0.2) is 14.4 Å². The van der Waals surface area contributed by atoms with Gasteiger partial charge in [0.2, 0.25) is 0 Å². The van der Waals surface area contributed by atoms with Crippen LogP contribution < -0.4 is 5.32 Å². The number of ether oxygens (including phenoxy) is 2. The number of aromatic nitrogens is 2. The Kier molecular flexibility index (Phi) is 4.52. The maximum Gasteiger partial charge on any atom is 0.274 e. The van der Waals surface area contributed by atoms with Crippen molar-refractivity contribution in [1.82, 2.24) is 14.9 Å². The molecule has 0 aliphatic carbocycles. The summed E-state index contributed by atoms with van der Waals surface area (Å²) in [5.41, 5.74) is 0.562. The number of amides is 1. The number of carbonyl (C=O) groups is 1. The largest absolute Gasteiger partial charge is 0.347 e. The average Bonchev–Trinajstić information content (AvgIpc) is 3.12. The smallest absolute Gasteiger partial charge is 0.274 e. The normalized spacial score (nSPS) is 18.9. The van der Waals surface area contributed by atoms with Crippen molar-refractivity contribution in [1.29, 1.82) is 0 Å². The molecule has 7 nitrogen and oxygen atoms in total. The molecular formula is C18H19FN4O3. The van der Waals surface area contributed by atoms with E-state index in [-0.39, 0.29) is 17.4 Å². The van der Waals surface area contributed by atoms with Crippen molar-refractivity contribution < 1.29 is 18.7 Å². The minimum absolute atomic E-state index is 0.178. The van der Waals surface area contributed by atoms with Crippen LogP contribution in [0.4, 0.5) is 15.9 Å². The minimum Gasteiger partial charge on any atom is -0.347 e. The van der Waals surface area contributed by atoms with Crippen LogP contribution in [0, 0.1) is 5.82 Å². The first-order chi connectivity index (χ1) is 12.7. The first kappa shape index (κ1) is 16.9. The van der Waals surface area contributed by atoms with Crippen molar-refractivity contribution in [2.45, 2.75) is 18.6 Å². The van der Waals surface area contributed by atoms with E-state index in [0.717, 1.165) is 0 Å². The van der Waals surface area contributed by atoms with Gasteiger partial charge in [-0.2, -0.15) is 0 Å². The molecule has 0 saturated carbocycles. The lowest BCUT2D eigenvalue weighted by molar-refractivity contribution is -0.181. The Morgan fingerprint density at radius 3 is 2.50 bits per heavy atom. The van der Waals surface area contributed by atoms with E-state index in [1.165, 1.54) is 18.5 Å². The van der Waals surface area contributed by atoms with Crippen LogP contribution in [0.25, 0.3) is 0 Å². The van der Waals surface area contributed by atoms with Crippen LogP contribution in [0.2, 0.25) is 0 Å². The fourth-order valence-corrected chi connectivity index (χ4v) is 3.20. The molecule has 2 saturated heterocycles. The molecule has 8 heteroatoms. The Hall–Kier alpha value is -2.58. The number of nitrogens with zero attached hydrogens (tertiary/aromatic N) is 3. The van der Waals surface area contributed by atoms with Gasteiger partial charge in [0, 0.05) is 25.9 Å². The summed E-state index contributed by atoms with van der Waals surface area (Å²) in [4.78, 5) is 22.6. The Balaban J connectivity index is 1.39. The summed E-state index contributed by atoms with van der Waals surface area (Å²) < 4.78 is 25.0. The van der Waals surface area contributed by atoms with Crippen molar-refractivity contribution in [3.8, 4) is 0 Å². The molecule has 2 fully saturated rings. The minimum atomic E-state index is -0.518. The highest BCUT2D eigenvalue weighted by Crippen LogP contribution is 2.31. The Morgan fingerprint density at radius 2 is 1.85 bits per heavy atom. The first-order valence-corrected chi connectivity index (χ1v) is 8.56. The van der Waals surface area contributed by atoms with E-state index in [9.17, 15) is 9.18 Å². The lowest BCUT2D eigenvalue weighted by Crippen LogP contribution is -2.47. The number of para-hydroxylation sites is 1. The van der Waals surface area contributed by atoms with Gasteiger partial charge in [0.25, 0.3) is 5.91 Å². The lowest BCUT2D eigenvalue weighted by Gasteiger charge is -2.37. The summed E-state index contributed by atoms with van der Waals surface area (Å²) in [6.45, 7) is 2.32. The summed E-state index contributed by atoms with van der Waals surface area (Å²) >= 11 is 0. The molecular weight excluding hydrogens is 339 g/mol. The number of benzene rings is 1. The van der Waals surface area contributed by atoms with Crippen LogP contribution in [0.15, 0.2) is 36.7 Å².